The molecule has 0 atom stereocenters. The van der Waals surface area contributed by atoms with Gasteiger partial charge in [-0.1, -0.05) is 25.7 Å². The van der Waals surface area contributed by atoms with Crippen LogP contribution < -0.4 is 20.5 Å². The molecule has 71 heavy (non-hydrogen) atoms. The second kappa shape index (κ2) is 23.9. The standard InChI is InChI=1S/C26H33FN6O2.C14H17ClN4O.C12H17FN2O/c1-31(2)25(34)22-15-18-17-28-26(30-24(18)33(22)20-7-3-4-8-20)29-19-9-10-23(21(27)16-19)35-14-13-32-11-5-6-12-32;1-18(2)13(20)11-7-9-8-16-14(15)17-12(9)19(11)10-5-3-4-6-10;13-11-9-10(14)3-4-12(11)16-8-7-15-5-1-2-6-15/h9-10,15-17,20H,3-8,11-14H2,1-2H3,(H,28,29,30);7-8,10H,3-6H2,1-2H3;3-4,9H,1-2,5-8,14H2. The number of likely N-dealkylation sites (tertiary alicyclic amines) is 2. The molecular formula is C52H67ClF2N12O4. The van der Waals surface area contributed by atoms with Crippen LogP contribution in [0.25, 0.3) is 22.1 Å². The number of hydrogen-bond acceptors (Lipinski definition) is 12. The molecule has 2 saturated heterocycles. The fraction of sp³-hybridized carbons (Fsp3) is 0.500. The summed E-state index contributed by atoms with van der Waals surface area (Å²) < 4.78 is 43.2. The van der Waals surface area contributed by atoms with Crippen LogP contribution in [0, 0.1) is 11.6 Å². The molecule has 2 aliphatic heterocycles. The summed E-state index contributed by atoms with van der Waals surface area (Å²) >= 11 is 5.92. The van der Waals surface area contributed by atoms with E-state index in [1.807, 2.05) is 12.1 Å². The number of benzene rings is 2. The highest BCUT2D eigenvalue weighted by Gasteiger charge is 2.28. The van der Waals surface area contributed by atoms with E-state index >= 15 is 0 Å². The van der Waals surface area contributed by atoms with Crippen molar-refractivity contribution in [1.82, 2.24) is 48.7 Å². The van der Waals surface area contributed by atoms with Crippen molar-refractivity contribution in [3.05, 3.63) is 89.2 Å². The number of anilines is 3. The third kappa shape index (κ3) is 12.9. The summed E-state index contributed by atoms with van der Waals surface area (Å²) in [6, 6.07) is 13.6. The first kappa shape index (κ1) is 51.3. The molecule has 0 bridgehead atoms. The van der Waals surface area contributed by atoms with E-state index in [1.165, 1.54) is 50.7 Å². The molecule has 6 aromatic rings. The predicted octanol–water partition coefficient (Wildman–Crippen LogP) is 9.39. The van der Waals surface area contributed by atoms with E-state index in [0.717, 1.165) is 99.9 Å². The number of ether oxygens (including phenoxy) is 2. The molecule has 2 saturated carbocycles. The van der Waals surface area contributed by atoms with E-state index in [0.29, 0.717) is 48.0 Å². The van der Waals surface area contributed by atoms with Crippen molar-refractivity contribution in [2.24, 2.45) is 0 Å². The second-order valence-corrected chi connectivity index (χ2v) is 19.6. The fourth-order valence-electron chi connectivity index (χ4n) is 9.95. The number of nitrogens with two attached hydrogens (primary N) is 1. The monoisotopic (exact) mass is 997 g/mol. The molecule has 16 nitrogen and oxygen atoms in total. The zero-order chi connectivity index (χ0) is 50.0. The van der Waals surface area contributed by atoms with Gasteiger partial charge in [0.25, 0.3) is 11.8 Å². The third-order valence-corrected chi connectivity index (χ3v) is 13.8. The topological polar surface area (TPSA) is 165 Å². The van der Waals surface area contributed by atoms with E-state index in [4.69, 9.17) is 31.8 Å². The van der Waals surface area contributed by atoms with Crippen molar-refractivity contribution in [2.75, 3.05) is 91.7 Å². The van der Waals surface area contributed by atoms with Gasteiger partial charge in [0.1, 0.15) is 35.9 Å². The minimum Gasteiger partial charge on any atom is -0.489 e. The quantitative estimate of drug-likeness (QED) is 0.0786. The summed E-state index contributed by atoms with van der Waals surface area (Å²) in [7, 11) is 7.03. The first-order valence-corrected chi connectivity index (χ1v) is 25.4. The number of nitrogens with one attached hydrogen (secondary N) is 1. The number of hydrogen-bond donors (Lipinski definition) is 2. The smallest absolute Gasteiger partial charge is 0.270 e. The molecule has 4 aliphatic rings. The molecule has 4 aromatic heterocycles. The molecule has 0 unspecified atom stereocenters. The van der Waals surface area contributed by atoms with Gasteiger partial charge in [-0.25, -0.2) is 18.7 Å². The van der Waals surface area contributed by atoms with Crippen LogP contribution in [-0.2, 0) is 0 Å². The van der Waals surface area contributed by atoms with Crippen LogP contribution in [-0.4, -0.2) is 141 Å². The first-order valence-electron chi connectivity index (χ1n) is 25.0. The summed E-state index contributed by atoms with van der Waals surface area (Å²) in [5.41, 5.74) is 9.21. The highest BCUT2D eigenvalue weighted by atomic mass is 35.5. The number of fused-ring (bicyclic) bond motifs is 2. The van der Waals surface area contributed by atoms with Gasteiger partial charge in [0.2, 0.25) is 11.2 Å². The SMILES string of the molecule is CN(C)C(=O)c1cc2cnc(Cl)nc2n1C1CCCC1.CN(C)C(=O)c1cc2cnc(Nc3ccc(OCCN4CCCC4)c(F)c3)nc2n1C1CCCC1.Nc1ccc(OCCN2CCCC2)c(F)c1. The molecule has 380 valence electrons. The largest absolute Gasteiger partial charge is 0.489 e. The van der Waals surface area contributed by atoms with Crippen molar-refractivity contribution < 1.29 is 27.8 Å². The average molecular weight is 998 g/mol. The van der Waals surface area contributed by atoms with Gasteiger partial charge in [0, 0.05) is 100 Å². The van der Waals surface area contributed by atoms with Crippen molar-refractivity contribution in [1.29, 1.82) is 0 Å². The summed E-state index contributed by atoms with van der Waals surface area (Å²) in [5, 5.41) is 5.02. The van der Waals surface area contributed by atoms with Gasteiger partial charge in [-0.15, -0.1) is 0 Å². The number of aromatic nitrogens is 6. The molecule has 4 fully saturated rings. The molecule has 2 aliphatic carbocycles. The normalized spacial score (nSPS) is 16.5. The Kier molecular flexibility index (Phi) is 17.2. The molecule has 19 heteroatoms. The Hall–Kier alpha value is -6.11. The van der Waals surface area contributed by atoms with Crippen LogP contribution in [0.2, 0.25) is 5.28 Å². The van der Waals surface area contributed by atoms with Crippen molar-refractivity contribution >= 4 is 62.8 Å². The number of carbonyl (C=O) groups is 2. The lowest BCUT2D eigenvalue weighted by Crippen LogP contribution is -2.25. The molecule has 0 radical (unpaired) electrons. The second-order valence-electron chi connectivity index (χ2n) is 19.2. The van der Waals surface area contributed by atoms with Crippen LogP contribution in [0.3, 0.4) is 0 Å². The van der Waals surface area contributed by atoms with Crippen LogP contribution >= 0.6 is 11.6 Å². The van der Waals surface area contributed by atoms with Gasteiger partial charge in [-0.05, 0) is 126 Å². The summed E-state index contributed by atoms with van der Waals surface area (Å²) in [6.45, 7) is 7.12. The molecule has 10 rings (SSSR count). The maximum atomic E-state index is 14.7. The third-order valence-electron chi connectivity index (χ3n) is 13.6. The number of halogens is 3. The molecule has 2 aromatic carbocycles. The lowest BCUT2D eigenvalue weighted by atomic mass is 10.2. The molecule has 6 heterocycles. The number of rotatable bonds is 14. The van der Waals surface area contributed by atoms with Gasteiger partial charge < -0.3 is 39.5 Å². The molecule has 3 N–H and O–H groups in total. The summed E-state index contributed by atoms with van der Waals surface area (Å²) in [5.74, 6) is 0.0206. The average Bonchev–Trinajstić information content (AvgIpc) is 4.22. The van der Waals surface area contributed by atoms with Gasteiger partial charge in [-0.2, -0.15) is 9.97 Å². The summed E-state index contributed by atoms with van der Waals surface area (Å²) in [4.78, 5) is 50.6. The minimum absolute atomic E-state index is 0.00831. The van der Waals surface area contributed by atoms with Crippen molar-refractivity contribution in [3.63, 3.8) is 0 Å². The lowest BCUT2D eigenvalue weighted by molar-refractivity contribution is 0.0808. The Morgan fingerprint density at radius 1 is 0.662 bits per heavy atom. The van der Waals surface area contributed by atoms with E-state index < -0.39 is 5.82 Å². The maximum Gasteiger partial charge on any atom is 0.270 e. The highest BCUT2D eigenvalue weighted by Crippen LogP contribution is 2.36. The van der Waals surface area contributed by atoms with Crippen LogP contribution in [0.15, 0.2) is 60.9 Å². The van der Waals surface area contributed by atoms with Crippen LogP contribution in [0.4, 0.5) is 26.1 Å². The lowest BCUT2D eigenvalue weighted by Gasteiger charge is -2.19. The fourth-order valence-corrected chi connectivity index (χ4v) is 10.1. The summed E-state index contributed by atoms with van der Waals surface area (Å²) in [6.07, 6.45) is 17.2. The number of nitrogen functional groups attached to an aromatic ring is 1. The molecular weight excluding hydrogens is 930 g/mol. The Bertz CT molecular complexity index is 2760. The zero-order valence-corrected chi connectivity index (χ0v) is 42.1. The molecule has 0 spiro atoms. The number of carbonyl (C=O) groups excluding carboxylic acids is 2. The van der Waals surface area contributed by atoms with Gasteiger partial charge in [-0.3, -0.25) is 19.4 Å². The van der Waals surface area contributed by atoms with Gasteiger partial charge in [0.15, 0.2) is 23.1 Å². The molecule has 2 amide bonds. The predicted molar refractivity (Wildman–Crippen MR) is 274 cm³/mol. The highest BCUT2D eigenvalue weighted by molar-refractivity contribution is 6.28. The Morgan fingerprint density at radius 2 is 1.13 bits per heavy atom. The van der Waals surface area contributed by atoms with Gasteiger partial charge >= 0.3 is 0 Å². The minimum atomic E-state index is -0.425. The van der Waals surface area contributed by atoms with Gasteiger partial charge in [0.05, 0.1) is 0 Å². The first-order chi connectivity index (χ1) is 34.3. The van der Waals surface area contributed by atoms with E-state index in [-0.39, 0.29) is 40.5 Å². The number of amides is 2. The zero-order valence-electron chi connectivity index (χ0n) is 41.4. The van der Waals surface area contributed by atoms with E-state index in [1.54, 1.807) is 74.6 Å². The van der Waals surface area contributed by atoms with Crippen LogP contribution in [0.5, 0.6) is 11.5 Å². The van der Waals surface area contributed by atoms with Crippen molar-refractivity contribution in [2.45, 2.75) is 89.1 Å². The van der Waals surface area contributed by atoms with E-state index in [2.05, 4.69) is 39.2 Å². The Balaban J connectivity index is 0.000000158. The van der Waals surface area contributed by atoms with Crippen molar-refractivity contribution in [3.8, 4) is 11.5 Å². The van der Waals surface area contributed by atoms with E-state index in [9.17, 15) is 18.4 Å². The Labute approximate surface area is 419 Å². The van der Waals surface area contributed by atoms with Crippen LogP contribution in [0.1, 0.15) is 110 Å². The maximum absolute atomic E-state index is 14.7. The number of nitrogens with zero attached hydrogens (tertiary/aromatic N) is 10. The Morgan fingerprint density at radius 3 is 1.61 bits per heavy atom.